The SMILES string of the molecule is CC1=C[C@]2(C)[C@@H](O)C[C@H]3[C@H](C)CC[C@]32[C@H]1C. The van der Waals surface area contributed by atoms with Gasteiger partial charge in [0.15, 0.2) is 0 Å². The molecule has 2 saturated carbocycles. The highest BCUT2D eigenvalue weighted by Gasteiger charge is 2.68. The van der Waals surface area contributed by atoms with E-state index in [1.54, 1.807) is 0 Å². The zero-order valence-corrected chi connectivity index (χ0v) is 11.0. The van der Waals surface area contributed by atoms with E-state index >= 15 is 0 Å². The van der Waals surface area contributed by atoms with Gasteiger partial charge in [0, 0.05) is 5.41 Å². The van der Waals surface area contributed by atoms with Crippen molar-refractivity contribution < 1.29 is 5.11 Å². The van der Waals surface area contributed by atoms with Gasteiger partial charge in [-0.1, -0.05) is 32.4 Å². The summed E-state index contributed by atoms with van der Waals surface area (Å²) >= 11 is 0. The predicted molar refractivity (Wildman–Crippen MR) is 66.0 cm³/mol. The maximum absolute atomic E-state index is 10.5. The Bertz CT molecular complexity index is 358. The van der Waals surface area contributed by atoms with Crippen molar-refractivity contribution in [2.75, 3.05) is 0 Å². The molecule has 0 amide bonds. The highest BCUT2D eigenvalue weighted by Crippen LogP contribution is 2.73. The average Bonchev–Trinajstić information content (AvgIpc) is 2.72. The molecule has 1 heteroatoms. The monoisotopic (exact) mass is 220 g/mol. The van der Waals surface area contributed by atoms with Gasteiger partial charge in [0.05, 0.1) is 6.10 Å². The number of allylic oxidation sites excluding steroid dienone is 1. The van der Waals surface area contributed by atoms with Gasteiger partial charge >= 0.3 is 0 Å². The average molecular weight is 220 g/mol. The summed E-state index contributed by atoms with van der Waals surface area (Å²) in [6.07, 6.45) is 6.01. The van der Waals surface area contributed by atoms with Crippen molar-refractivity contribution in [1.29, 1.82) is 0 Å². The quantitative estimate of drug-likeness (QED) is 0.620. The Morgan fingerprint density at radius 2 is 2.06 bits per heavy atom. The standard InChI is InChI=1S/C15H24O/c1-9-5-6-15-11(3)10(2)8-14(15,4)13(16)7-12(9)15/h8-9,11-13,16H,5-7H2,1-4H3/t9-,11+,12+,13+,14-,15+/m1/s1. The highest BCUT2D eigenvalue weighted by molar-refractivity contribution is 5.33. The molecule has 3 aliphatic carbocycles. The fourth-order valence-corrected chi connectivity index (χ4v) is 5.51. The number of hydrogen-bond donors (Lipinski definition) is 1. The van der Waals surface area contributed by atoms with Gasteiger partial charge in [0.25, 0.3) is 0 Å². The van der Waals surface area contributed by atoms with Crippen LogP contribution in [0.5, 0.6) is 0 Å². The Kier molecular flexibility index (Phi) is 1.98. The van der Waals surface area contributed by atoms with E-state index in [0.717, 1.165) is 18.3 Å². The number of aliphatic hydroxyl groups excluding tert-OH is 1. The summed E-state index contributed by atoms with van der Waals surface area (Å²) < 4.78 is 0. The summed E-state index contributed by atoms with van der Waals surface area (Å²) in [5, 5.41) is 10.5. The van der Waals surface area contributed by atoms with Crippen LogP contribution in [0.2, 0.25) is 0 Å². The normalized spacial score (nSPS) is 59.7. The first kappa shape index (κ1) is 10.8. The second-order valence-electron chi connectivity index (χ2n) is 6.81. The van der Waals surface area contributed by atoms with Crippen LogP contribution in [0.4, 0.5) is 0 Å². The number of aliphatic hydroxyl groups is 1. The van der Waals surface area contributed by atoms with Gasteiger partial charge in [-0.2, -0.15) is 0 Å². The number of rotatable bonds is 0. The molecule has 90 valence electrons. The summed E-state index contributed by atoms with van der Waals surface area (Å²) in [6, 6.07) is 0. The fraction of sp³-hybridized carbons (Fsp3) is 0.867. The van der Waals surface area contributed by atoms with E-state index in [-0.39, 0.29) is 11.5 Å². The van der Waals surface area contributed by atoms with Gasteiger partial charge in [0.1, 0.15) is 0 Å². The van der Waals surface area contributed by atoms with Gasteiger partial charge < -0.3 is 5.11 Å². The smallest absolute Gasteiger partial charge is 0.0636 e. The molecule has 0 aliphatic heterocycles. The Hall–Kier alpha value is -0.300. The maximum atomic E-state index is 10.5. The molecule has 2 fully saturated rings. The van der Waals surface area contributed by atoms with Crippen molar-refractivity contribution in [2.24, 2.45) is 28.6 Å². The van der Waals surface area contributed by atoms with E-state index in [9.17, 15) is 5.11 Å². The fourth-order valence-electron chi connectivity index (χ4n) is 5.51. The minimum Gasteiger partial charge on any atom is -0.392 e. The largest absolute Gasteiger partial charge is 0.392 e. The Labute approximate surface area is 98.9 Å². The summed E-state index contributed by atoms with van der Waals surface area (Å²) in [4.78, 5) is 0. The number of hydrogen-bond acceptors (Lipinski definition) is 1. The Balaban J connectivity index is 2.15. The van der Waals surface area contributed by atoms with E-state index in [0.29, 0.717) is 11.3 Å². The molecule has 3 rings (SSSR count). The van der Waals surface area contributed by atoms with E-state index < -0.39 is 0 Å². The third kappa shape index (κ3) is 0.895. The van der Waals surface area contributed by atoms with Crippen LogP contribution in [-0.2, 0) is 0 Å². The molecular formula is C15H24O. The first-order valence-corrected chi connectivity index (χ1v) is 6.81. The van der Waals surface area contributed by atoms with Gasteiger partial charge in [-0.25, -0.2) is 0 Å². The van der Waals surface area contributed by atoms with Gasteiger partial charge in [-0.15, -0.1) is 0 Å². The summed E-state index contributed by atoms with van der Waals surface area (Å²) in [6.45, 7) is 9.34. The summed E-state index contributed by atoms with van der Waals surface area (Å²) in [5.74, 6) is 2.22. The van der Waals surface area contributed by atoms with Crippen LogP contribution < -0.4 is 0 Å². The van der Waals surface area contributed by atoms with Crippen molar-refractivity contribution in [3.8, 4) is 0 Å². The topological polar surface area (TPSA) is 20.2 Å². The third-order valence-corrected chi connectivity index (χ3v) is 6.52. The molecule has 16 heavy (non-hydrogen) atoms. The zero-order valence-electron chi connectivity index (χ0n) is 11.0. The maximum Gasteiger partial charge on any atom is 0.0636 e. The zero-order chi connectivity index (χ0) is 11.7. The molecule has 3 aliphatic rings. The lowest BCUT2D eigenvalue weighted by Gasteiger charge is -2.43. The lowest BCUT2D eigenvalue weighted by molar-refractivity contribution is 0.0115. The molecule has 0 saturated heterocycles. The van der Waals surface area contributed by atoms with E-state index in [1.165, 1.54) is 18.4 Å². The van der Waals surface area contributed by atoms with Gasteiger partial charge in [-0.05, 0) is 49.4 Å². The minimum absolute atomic E-state index is 0.0614. The van der Waals surface area contributed by atoms with Crippen LogP contribution in [0.3, 0.4) is 0 Å². The van der Waals surface area contributed by atoms with Crippen molar-refractivity contribution in [3.63, 3.8) is 0 Å². The molecular weight excluding hydrogens is 196 g/mol. The van der Waals surface area contributed by atoms with Gasteiger partial charge in [-0.3, -0.25) is 0 Å². The van der Waals surface area contributed by atoms with E-state index in [1.807, 2.05) is 0 Å². The van der Waals surface area contributed by atoms with Crippen LogP contribution in [0, 0.1) is 28.6 Å². The Morgan fingerprint density at radius 3 is 2.75 bits per heavy atom. The van der Waals surface area contributed by atoms with Crippen LogP contribution in [0.25, 0.3) is 0 Å². The summed E-state index contributed by atoms with van der Waals surface area (Å²) in [7, 11) is 0. The Morgan fingerprint density at radius 1 is 1.38 bits per heavy atom. The second kappa shape index (κ2) is 2.93. The third-order valence-electron chi connectivity index (χ3n) is 6.52. The molecule has 0 heterocycles. The second-order valence-corrected chi connectivity index (χ2v) is 6.81. The van der Waals surface area contributed by atoms with Gasteiger partial charge in [0.2, 0.25) is 0 Å². The van der Waals surface area contributed by atoms with Crippen LogP contribution in [-0.4, -0.2) is 11.2 Å². The molecule has 1 spiro atoms. The van der Waals surface area contributed by atoms with Crippen molar-refractivity contribution in [1.82, 2.24) is 0 Å². The molecule has 1 N–H and O–H groups in total. The van der Waals surface area contributed by atoms with Crippen molar-refractivity contribution >= 4 is 0 Å². The first-order valence-electron chi connectivity index (χ1n) is 6.81. The molecule has 0 bridgehead atoms. The molecule has 1 nitrogen and oxygen atoms in total. The molecule has 0 aromatic carbocycles. The molecule has 0 unspecified atom stereocenters. The van der Waals surface area contributed by atoms with E-state index in [2.05, 4.69) is 33.8 Å². The van der Waals surface area contributed by atoms with E-state index in [4.69, 9.17) is 0 Å². The van der Waals surface area contributed by atoms with Crippen LogP contribution in [0.1, 0.15) is 47.0 Å². The highest BCUT2D eigenvalue weighted by atomic mass is 16.3. The van der Waals surface area contributed by atoms with Crippen LogP contribution in [0.15, 0.2) is 11.6 Å². The molecule has 0 radical (unpaired) electrons. The minimum atomic E-state index is -0.111. The molecule has 6 atom stereocenters. The molecule has 0 aromatic heterocycles. The lowest BCUT2D eigenvalue weighted by Crippen LogP contribution is -2.41. The summed E-state index contributed by atoms with van der Waals surface area (Å²) in [5.41, 5.74) is 1.96. The predicted octanol–water partition coefficient (Wildman–Crippen LogP) is 3.39. The van der Waals surface area contributed by atoms with Crippen molar-refractivity contribution in [2.45, 2.75) is 53.1 Å². The van der Waals surface area contributed by atoms with Crippen LogP contribution >= 0.6 is 0 Å². The first-order chi connectivity index (χ1) is 7.43. The van der Waals surface area contributed by atoms with Crippen molar-refractivity contribution in [3.05, 3.63) is 11.6 Å². The molecule has 0 aromatic rings. The lowest BCUT2D eigenvalue weighted by atomic mass is 9.61.